The van der Waals surface area contributed by atoms with Gasteiger partial charge < -0.3 is 15.6 Å². The Kier molecular flexibility index (Phi) is 4.80. The molecule has 0 aliphatic carbocycles. The summed E-state index contributed by atoms with van der Waals surface area (Å²) in [6, 6.07) is 8.54. The summed E-state index contributed by atoms with van der Waals surface area (Å²) in [4.78, 5) is 26.6. The SMILES string of the molecule is CC(C)NC(=O)c1ccc(NC(=O)c2cc(Br)c[nH]2)cc1. The number of carbonyl (C=O) groups is 2. The van der Waals surface area contributed by atoms with Crippen LogP contribution in [0.2, 0.25) is 0 Å². The minimum absolute atomic E-state index is 0.0863. The van der Waals surface area contributed by atoms with Crippen molar-refractivity contribution in [2.75, 3.05) is 5.32 Å². The van der Waals surface area contributed by atoms with Gasteiger partial charge in [0.25, 0.3) is 11.8 Å². The molecule has 0 unspecified atom stereocenters. The molecule has 5 nitrogen and oxygen atoms in total. The lowest BCUT2D eigenvalue weighted by Crippen LogP contribution is -2.30. The van der Waals surface area contributed by atoms with E-state index in [2.05, 4.69) is 31.5 Å². The fourth-order valence-electron chi connectivity index (χ4n) is 1.75. The normalized spacial score (nSPS) is 10.5. The molecule has 0 radical (unpaired) electrons. The minimum Gasteiger partial charge on any atom is -0.356 e. The number of carbonyl (C=O) groups excluding carboxylic acids is 2. The largest absolute Gasteiger partial charge is 0.356 e. The molecule has 0 saturated heterocycles. The van der Waals surface area contributed by atoms with Crippen LogP contribution in [0.1, 0.15) is 34.7 Å². The summed E-state index contributed by atoms with van der Waals surface area (Å²) in [7, 11) is 0. The van der Waals surface area contributed by atoms with E-state index in [0.717, 1.165) is 4.47 Å². The van der Waals surface area contributed by atoms with Crippen molar-refractivity contribution in [3.05, 3.63) is 52.3 Å². The number of halogens is 1. The average Bonchev–Trinajstić information content (AvgIpc) is 2.85. The van der Waals surface area contributed by atoms with E-state index in [1.54, 1.807) is 36.5 Å². The van der Waals surface area contributed by atoms with Gasteiger partial charge in [-0.3, -0.25) is 9.59 Å². The summed E-state index contributed by atoms with van der Waals surface area (Å²) in [6.45, 7) is 3.81. The predicted octanol–water partition coefficient (Wildman–Crippen LogP) is 3.17. The number of amides is 2. The van der Waals surface area contributed by atoms with Gasteiger partial charge in [0, 0.05) is 28.0 Å². The summed E-state index contributed by atoms with van der Waals surface area (Å²) in [5, 5.41) is 5.57. The zero-order chi connectivity index (χ0) is 15.4. The third-order valence-corrected chi connectivity index (χ3v) is 3.17. The van der Waals surface area contributed by atoms with Crippen LogP contribution in [0, 0.1) is 0 Å². The lowest BCUT2D eigenvalue weighted by atomic mass is 10.2. The first-order valence-corrected chi connectivity index (χ1v) is 7.31. The maximum atomic E-state index is 11.9. The molecule has 0 aliphatic heterocycles. The van der Waals surface area contributed by atoms with Gasteiger partial charge in [0.1, 0.15) is 5.69 Å². The van der Waals surface area contributed by atoms with E-state index in [-0.39, 0.29) is 17.9 Å². The van der Waals surface area contributed by atoms with Gasteiger partial charge in [-0.2, -0.15) is 0 Å². The topological polar surface area (TPSA) is 74.0 Å². The highest BCUT2D eigenvalue weighted by Gasteiger charge is 2.10. The van der Waals surface area contributed by atoms with Crippen molar-refractivity contribution in [1.82, 2.24) is 10.3 Å². The van der Waals surface area contributed by atoms with Crippen molar-refractivity contribution < 1.29 is 9.59 Å². The molecule has 6 heteroatoms. The summed E-state index contributed by atoms with van der Waals surface area (Å²) in [5.41, 5.74) is 1.65. The number of aromatic amines is 1. The molecule has 3 N–H and O–H groups in total. The van der Waals surface area contributed by atoms with Gasteiger partial charge in [0.15, 0.2) is 0 Å². The predicted molar refractivity (Wildman–Crippen MR) is 85.5 cm³/mol. The Bertz CT molecular complexity index is 647. The fourth-order valence-corrected chi connectivity index (χ4v) is 2.09. The second kappa shape index (κ2) is 6.58. The molecular formula is C15H16BrN3O2. The van der Waals surface area contributed by atoms with Gasteiger partial charge in [0.2, 0.25) is 0 Å². The Balaban J connectivity index is 2.02. The third-order valence-electron chi connectivity index (χ3n) is 2.72. The van der Waals surface area contributed by atoms with Crippen molar-refractivity contribution in [2.45, 2.75) is 19.9 Å². The van der Waals surface area contributed by atoms with Crippen molar-refractivity contribution >= 4 is 33.4 Å². The highest BCUT2D eigenvalue weighted by molar-refractivity contribution is 9.10. The van der Waals surface area contributed by atoms with Gasteiger partial charge in [0.05, 0.1) is 0 Å². The van der Waals surface area contributed by atoms with Crippen LogP contribution in [0.3, 0.4) is 0 Å². The Morgan fingerprint density at radius 3 is 2.33 bits per heavy atom. The molecule has 1 heterocycles. The van der Waals surface area contributed by atoms with Crippen LogP contribution in [-0.2, 0) is 0 Å². The van der Waals surface area contributed by atoms with Gasteiger partial charge in [-0.05, 0) is 60.1 Å². The van der Waals surface area contributed by atoms with Crippen LogP contribution in [0.4, 0.5) is 5.69 Å². The van der Waals surface area contributed by atoms with E-state index in [1.807, 2.05) is 13.8 Å². The molecule has 0 fully saturated rings. The van der Waals surface area contributed by atoms with Crippen molar-refractivity contribution in [2.24, 2.45) is 0 Å². The maximum absolute atomic E-state index is 11.9. The lowest BCUT2D eigenvalue weighted by Gasteiger charge is -2.09. The van der Waals surface area contributed by atoms with Gasteiger partial charge in [-0.1, -0.05) is 0 Å². The van der Waals surface area contributed by atoms with Crippen LogP contribution in [0.25, 0.3) is 0 Å². The van der Waals surface area contributed by atoms with E-state index in [9.17, 15) is 9.59 Å². The van der Waals surface area contributed by atoms with Crippen LogP contribution in [0.15, 0.2) is 41.0 Å². The van der Waals surface area contributed by atoms with E-state index in [1.165, 1.54) is 0 Å². The molecule has 21 heavy (non-hydrogen) atoms. The number of hydrogen-bond acceptors (Lipinski definition) is 2. The molecule has 0 atom stereocenters. The van der Waals surface area contributed by atoms with Gasteiger partial charge in [-0.15, -0.1) is 0 Å². The van der Waals surface area contributed by atoms with Crippen molar-refractivity contribution in [1.29, 1.82) is 0 Å². The smallest absolute Gasteiger partial charge is 0.272 e. The average molecular weight is 350 g/mol. The summed E-state index contributed by atoms with van der Waals surface area (Å²) in [6.07, 6.45) is 1.69. The second-order valence-electron chi connectivity index (χ2n) is 4.89. The lowest BCUT2D eigenvalue weighted by molar-refractivity contribution is 0.0942. The first-order valence-electron chi connectivity index (χ1n) is 6.52. The number of H-pyrrole nitrogens is 1. The standard InChI is InChI=1S/C15H16BrN3O2/c1-9(2)18-14(20)10-3-5-12(6-4-10)19-15(21)13-7-11(16)8-17-13/h3-9,17H,1-2H3,(H,18,20)(H,19,21). The number of rotatable bonds is 4. The number of benzene rings is 1. The first kappa shape index (κ1) is 15.3. The number of nitrogens with one attached hydrogen (secondary N) is 3. The quantitative estimate of drug-likeness (QED) is 0.792. The third kappa shape index (κ3) is 4.19. The molecule has 1 aromatic heterocycles. The molecular weight excluding hydrogens is 334 g/mol. The molecule has 0 spiro atoms. The number of aromatic nitrogens is 1. The van der Waals surface area contributed by atoms with Crippen molar-refractivity contribution in [3.63, 3.8) is 0 Å². The second-order valence-corrected chi connectivity index (χ2v) is 5.81. The number of anilines is 1. The van der Waals surface area contributed by atoms with Crippen LogP contribution in [-0.4, -0.2) is 22.8 Å². The van der Waals surface area contributed by atoms with E-state index >= 15 is 0 Å². The van der Waals surface area contributed by atoms with E-state index < -0.39 is 0 Å². The van der Waals surface area contributed by atoms with Gasteiger partial charge >= 0.3 is 0 Å². The molecule has 110 valence electrons. The Labute approximate surface area is 131 Å². The molecule has 0 saturated carbocycles. The van der Waals surface area contributed by atoms with Crippen LogP contribution >= 0.6 is 15.9 Å². The highest BCUT2D eigenvalue weighted by Crippen LogP contribution is 2.14. The molecule has 0 bridgehead atoms. The monoisotopic (exact) mass is 349 g/mol. The first-order chi connectivity index (χ1) is 9.95. The number of hydrogen-bond donors (Lipinski definition) is 3. The molecule has 2 rings (SSSR count). The summed E-state index contributed by atoms with van der Waals surface area (Å²) < 4.78 is 0.813. The maximum Gasteiger partial charge on any atom is 0.272 e. The fraction of sp³-hybridized carbons (Fsp3) is 0.200. The van der Waals surface area contributed by atoms with E-state index in [0.29, 0.717) is 16.9 Å². The molecule has 2 aromatic rings. The zero-order valence-corrected chi connectivity index (χ0v) is 13.3. The van der Waals surface area contributed by atoms with Crippen LogP contribution in [0.5, 0.6) is 0 Å². The Morgan fingerprint density at radius 1 is 1.14 bits per heavy atom. The highest BCUT2D eigenvalue weighted by atomic mass is 79.9. The molecule has 2 amide bonds. The molecule has 1 aromatic carbocycles. The summed E-state index contributed by atoms with van der Waals surface area (Å²) >= 11 is 3.28. The Hall–Kier alpha value is -2.08. The van der Waals surface area contributed by atoms with Gasteiger partial charge in [-0.25, -0.2) is 0 Å². The summed E-state index contributed by atoms with van der Waals surface area (Å²) in [5.74, 6) is -0.365. The van der Waals surface area contributed by atoms with E-state index in [4.69, 9.17) is 0 Å². The Morgan fingerprint density at radius 2 is 1.81 bits per heavy atom. The van der Waals surface area contributed by atoms with Crippen molar-refractivity contribution in [3.8, 4) is 0 Å². The van der Waals surface area contributed by atoms with Crippen LogP contribution < -0.4 is 10.6 Å². The molecule has 0 aliphatic rings. The zero-order valence-electron chi connectivity index (χ0n) is 11.7. The minimum atomic E-state index is -0.236.